The van der Waals surface area contributed by atoms with E-state index in [9.17, 15) is 18.0 Å². The van der Waals surface area contributed by atoms with Gasteiger partial charge in [0.15, 0.2) is 5.82 Å². The molecule has 0 aromatic carbocycles. The molecule has 2 rings (SSSR count). The van der Waals surface area contributed by atoms with E-state index in [-0.39, 0.29) is 6.54 Å². The van der Waals surface area contributed by atoms with E-state index in [1.54, 1.807) is 4.57 Å². The average Bonchev–Trinajstić information content (AvgIpc) is 2.72. The van der Waals surface area contributed by atoms with Crippen LogP contribution in [0.15, 0.2) is 6.33 Å². The molecule has 0 N–H and O–H groups in total. The number of halogens is 3. The maximum Gasteiger partial charge on any atom is 0.406 e. The Balaban J connectivity index is 1.99. The van der Waals surface area contributed by atoms with Crippen molar-refractivity contribution < 1.29 is 18.0 Å². The van der Waals surface area contributed by atoms with Crippen LogP contribution in [0.25, 0.3) is 0 Å². The minimum Gasteiger partial charge on any atom is -0.319 e. The van der Waals surface area contributed by atoms with Crippen molar-refractivity contribution in [3.05, 3.63) is 12.2 Å². The van der Waals surface area contributed by atoms with Gasteiger partial charge in [-0.05, 0) is 0 Å². The fourth-order valence-corrected chi connectivity index (χ4v) is 1.81. The third kappa shape index (κ3) is 2.71. The van der Waals surface area contributed by atoms with E-state index in [0.29, 0.717) is 23.8 Å². The Morgan fingerprint density at radius 2 is 2.22 bits per heavy atom. The minimum absolute atomic E-state index is 0.182. The largest absolute Gasteiger partial charge is 0.406 e. The molecular formula is C9H12F3N5O. The van der Waals surface area contributed by atoms with E-state index >= 15 is 0 Å². The maximum absolute atomic E-state index is 12.2. The molecule has 0 aliphatic carbocycles. The zero-order chi connectivity index (χ0) is 13.3. The highest BCUT2D eigenvalue weighted by Gasteiger charge is 2.33. The second-order valence-corrected chi connectivity index (χ2v) is 4.12. The summed E-state index contributed by atoms with van der Waals surface area (Å²) in [5, 5.41) is 7.48. The number of aromatic nitrogens is 3. The predicted molar refractivity (Wildman–Crippen MR) is 54.5 cm³/mol. The van der Waals surface area contributed by atoms with Crippen molar-refractivity contribution in [1.82, 2.24) is 24.6 Å². The second kappa shape index (κ2) is 4.46. The summed E-state index contributed by atoms with van der Waals surface area (Å²) in [5.41, 5.74) is 0. The van der Waals surface area contributed by atoms with E-state index in [2.05, 4.69) is 10.2 Å². The van der Waals surface area contributed by atoms with Crippen LogP contribution in [0, 0.1) is 0 Å². The van der Waals surface area contributed by atoms with Crippen molar-refractivity contribution in [2.24, 2.45) is 0 Å². The van der Waals surface area contributed by atoms with Gasteiger partial charge >= 0.3 is 12.2 Å². The van der Waals surface area contributed by atoms with Gasteiger partial charge in [0.2, 0.25) is 0 Å². The standard InChI is InChI=1S/C9H12F3N5O/c1-15(5-9(10,11)12)8(18)16-2-3-17-6-13-14-7(17)4-16/h6H,2-5H2,1H3. The number of urea groups is 1. The Morgan fingerprint density at radius 1 is 1.50 bits per heavy atom. The molecule has 9 heteroatoms. The molecular weight excluding hydrogens is 251 g/mol. The SMILES string of the molecule is CN(CC(F)(F)F)C(=O)N1CCn2cnnc2C1. The molecule has 2 amide bonds. The van der Waals surface area contributed by atoms with E-state index < -0.39 is 18.8 Å². The number of rotatable bonds is 1. The summed E-state index contributed by atoms with van der Waals surface area (Å²) in [5.74, 6) is 0.579. The molecule has 0 radical (unpaired) electrons. The average molecular weight is 263 g/mol. The van der Waals surface area contributed by atoms with Gasteiger partial charge in [-0.15, -0.1) is 10.2 Å². The Bertz CT molecular complexity index is 444. The van der Waals surface area contributed by atoms with E-state index in [1.165, 1.54) is 11.2 Å². The predicted octanol–water partition coefficient (Wildman–Crippen LogP) is 0.708. The van der Waals surface area contributed by atoms with Crippen LogP contribution in [0.3, 0.4) is 0 Å². The van der Waals surface area contributed by atoms with Crippen molar-refractivity contribution in [2.75, 3.05) is 20.1 Å². The lowest BCUT2D eigenvalue weighted by Crippen LogP contribution is -2.47. The first-order valence-corrected chi connectivity index (χ1v) is 5.30. The Morgan fingerprint density at radius 3 is 2.89 bits per heavy atom. The van der Waals surface area contributed by atoms with Crippen LogP contribution < -0.4 is 0 Å². The van der Waals surface area contributed by atoms with Gasteiger partial charge in [-0.1, -0.05) is 0 Å². The Hall–Kier alpha value is -1.80. The van der Waals surface area contributed by atoms with Gasteiger partial charge in [0, 0.05) is 20.1 Å². The highest BCUT2D eigenvalue weighted by molar-refractivity contribution is 5.74. The zero-order valence-electron chi connectivity index (χ0n) is 9.68. The molecule has 0 bridgehead atoms. The molecule has 0 atom stereocenters. The van der Waals surface area contributed by atoms with Gasteiger partial charge in [-0.3, -0.25) is 0 Å². The summed E-state index contributed by atoms with van der Waals surface area (Å²) in [6.07, 6.45) is -2.85. The topological polar surface area (TPSA) is 54.3 Å². The lowest BCUT2D eigenvalue weighted by atomic mass is 10.3. The van der Waals surface area contributed by atoms with Gasteiger partial charge in [0.1, 0.15) is 12.9 Å². The molecule has 1 aliphatic heterocycles. The maximum atomic E-state index is 12.2. The van der Waals surface area contributed by atoms with Crippen LogP contribution in [0.5, 0.6) is 0 Å². The third-order valence-corrected chi connectivity index (χ3v) is 2.65. The van der Waals surface area contributed by atoms with Crippen LogP contribution >= 0.6 is 0 Å². The smallest absolute Gasteiger partial charge is 0.319 e. The molecule has 0 saturated carbocycles. The number of hydrogen-bond acceptors (Lipinski definition) is 3. The summed E-state index contributed by atoms with van der Waals surface area (Å²) in [6, 6.07) is -0.651. The van der Waals surface area contributed by atoms with Crippen molar-refractivity contribution >= 4 is 6.03 Å². The van der Waals surface area contributed by atoms with Crippen LogP contribution in [0.2, 0.25) is 0 Å². The first-order chi connectivity index (χ1) is 8.37. The molecule has 0 unspecified atom stereocenters. The van der Waals surface area contributed by atoms with Gasteiger partial charge in [0.05, 0.1) is 6.54 Å². The van der Waals surface area contributed by atoms with E-state index in [1.807, 2.05) is 0 Å². The Kier molecular flexibility index (Phi) is 3.14. The lowest BCUT2D eigenvalue weighted by molar-refractivity contribution is -0.138. The molecule has 18 heavy (non-hydrogen) atoms. The highest BCUT2D eigenvalue weighted by atomic mass is 19.4. The fourth-order valence-electron chi connectivity index (χ4n) is 1.81. The number of alkyl halides is 3. The Labute approximate surface area is 101 Å². The van der Waals surface area contributed by atoms with Crippen molar-refractivity contribution in [2.45, 2.75) is 19.3 Å². The van der Waals surface area contributed by atoms with Gasteiger partial charge in [0.25, 0.3) is 0 Å². The van der Waals surface area contributed by atoms with Crippen LogP contribution in [0.1, 0.15) is 5.82 Å². The minimum atomic E-state index is -4.39. The molecule has 1 aliphatic rings. The van der Waals surface area contributed by atoms with Gasteiger partial charge in [-0.2, -0.15) is 13.2 Å². The summed E-state index contributed by atoms with van der Waals surface area (Å²) in [4.78, 5) is 13.8. The molecule has 100 valence electrons. The first kappa shape index (κ1) is 12.7. The highest BCUT2D eigenvalue weighted by Crippen LogP contribution is 2.17. The first-order valence-electron chi connectivity index (χ1n) is 5.30. The van der Waals surface area contributed by atoms with Crippen LogP contribution in [0.4, 0.5) is 18.0 Å². The van der Waals surface area contributed by atoms with Gasteiger partial charge < -0.3 is 14.4 Å². The lowest BCUT2D eigenvalue weighted by Gasteiger charge is -2.31. The van der Waals surface area contributed by atoms with Crippen LogP contribution in [-0.4, -0.2) is 56.9 Å². The van der Waals surface area contributed by atoms with Crippen LogP contribution in [-0.2, 0) is 13.1 Å². The molecule has 0 fully saturated rings. The summed E-state index contributed by atoms with van der Waals surface area (Å²) in [6.45, 7) is -0.226. The number of hydrogen-bond donors (Lipinski definition) is 0. The molecule has 6 nitrogen and oxygen atoms in total. The third-order valence-electron chi connectivity index (χ3n) is 2.65. The quantitative estimate of drug-likeness (QED) is 0.749. The second-order valence-electron chi connectivity index (χ2n) is 4.12. The van der Waals surface area contributed by atoms with Crippen molar-refractivity contribution in [3.63, 3.8) is 0 Å². The molecule has 0 spiro atoms. The molecule has 2 heterocycles. The number of carbonyl (C=O) groups excluding carboxylic acids is 1. The number of amides is 2. The summed E-state index contributed by atoms with van der Waals surface area (Å²) in [7, 11) is 1.13. The van der Waals surface area contributed by atoms with Crippen molar-refractivity contribution in [3.8, 4) is 0 Å². The number of nitrogens with zero attached hydrogens (tertiary/aromatic N) is 5. The summed E-state index contributed by atoms with van der Waals surface area (Å²) >= 11 is 0. The molecule has 1 aromatic heterocycles. The van der Waals surface area contributed by atoms with Gasteiger partial charge in [-0.25, -0.2) is 4.79 Å². The number of fused-ring (bicyclic) bond motifs is 1. The summed E-state index contributed by atoms with van der Waals surface area (Å²) < 4.78 is 38.3. The fraction of sp³-hybridized carbons (Fsp3) is 0.667. The normalized spacial score (nSPS) is 15.4. The van der Waals surface area contributed by atoms with E-state index in [0.717, 1.165) is 7.05 Å². The molecule has 1 aromatic rings. The van der Waals surface area contributed by atoms with E-state index in [4.69, 9.17) is 0 Å². The van der Waals surface area contributed by atoms with Crippen molar-refractivity contribution in [1.29, 1.82) is 0 Å². The monoisotopic (exact) mass is 263 g/mol. The molecule has 0 saturated heterocycles. The number of carbonyl (C=O) groups is 1. The zero-order valence-corrected chi connectivity index (χ0v) is 9.68.